The van der Waals surface area contributed by atoms with Gasteiger partial charge in [0.2, 0.25) is 12.3 Å². The zero-order valence-corrected chi connectivity index (χ0v) is 22.1. The van der Waals surface area contributed by atoms with Crippen LogP contribution in [-0.2, 0) is 14.3 Å². The predicted octanol–water partition coefficient (Wildman–Crippen LogP) is 2.42. The number of benzene rings is 1. The number of nitrogens with zero attached hydrogens (tertiary/aromatic N) is 3. The smallest absolute Gasteiger partial charge is 0.251 e. The molecule has 3 saturated heterocycles. The zero-order chi connectivity index (χ0) is 26.9. The molecule has 0 aliphatic carbocycles. The van der Waals surface area contributed by atoms with Crippen molar-refractivity contribution < 1.29 is 27.9 Å². The number of piperazine rings is 1. The average molecular weight is 521 g/mol. The fourth-order valence-electron chi connectivity index (χ4n) is 5.54. The number of ether oxygens (including phenoxy) is 1. The van der Waals surface area contributed by atoms with E-state index in [4.69, 9.17) is 4.74 Å². The molecule has 3 fully saturated rings. The van der Waals surface area contributed by atoms with Gasteiger partial charge in [-0.2, -0.15) is 0 Å². The quantitative estimate of drug-likeness (QED) is 0.595. The first-order chi connectivity index (χ1) is 17.5. The van der Waals surface area contributed by atoms with E-state index in [1.807, 2.05) is 32.9 Å². The average Bonchev–Trinajstić information content (AvgIpc) is 3.43. The van der Waals surface area contributed by atoms with E-state index in [9.17, 15) is 23.2 Å². The summed E-state index contributed by atoms with van der Waals surface area (Å²) in [4.78, 5) is 45.1. The number of carbonyl (C=O) groups is 3. The molecule has 0 radical (unpaired) electrons. The van der Waals surface area contributed by atoms with Crippen molar-refractivity contribution in [3.63, 3.8) is 0 Å². The molecule has 10 heteroatoms. The second-order valence-electron chi connectivity index (χ2n) is 11.4. The Morgan fingerprint density at radius 1 is 1.11 bits per heavy atom. The summed E-state index contributed by atoms with van der Waals surface area (Å²) >= 11 is 0. The van der Waals surface area contributed by atoms with E-state index in [0.717, 1.165) is 38.4 Å². The summed E-state index contributed by atoms with van der Waals surface area (Å²) in [5.74, 6) is -2.54. The standard InChI is InChI=1S/C27H38F2N4O4/c1-5-31-10-12-32(13-11-31)18-8-6-17(7-9-18)25(35)30-20(14-27(2,3)4)26(36)33-15-19(24(28)29)23-22(33)21(34)16-37-23/h6-9,19-20,22-24H,5,10-16H2,1-4H3,(H,30,35)/t19-,20-,22+,23+/m0/s1. The third kappa shape index (κ3) is 6.12. The van der Waals surface area contributed by atoms with Crippen molar-refractivity contribution >= 4 is 23.3 Å². The second-order valence-corrected chi connectivity index (χ2v) is 11.4. The first-order valence-corrected chi connectivity index (χ1v) is 13.1. The fourth-order valence-corrected chi connectivity index (χ4v) is 5.54. The summed E-state index contributed by atoms with van der Waals surface area (Å²) in [6.45, 7) is 12.3. The summed E-state index contributed by atoms with van der Waals surface area (Å²) < 4.78 is 32.6. The number of anilines is 1. The summed E-state index contributed by atoms with van der Waals surface area (Å²) in [7, 11) is 0. The Morgan fingerprint density at radius 2 is 1.76 bits per heavy atom. The SMILES string of the molecule is CCN1CCN(c2ccc(C(=O)N[C@@H](CC(C)(C)C)C(=O)N3C[C@H](C(F)F)[C@H]4OCC(=O)[C@H]43)cc2)CC1. The Labute approximate surface area is 217 Å². The van der Waals surface area contributed by atoms with E-state index >= 15 is 0 Å². The van der Waals surface area contributed by atoms with Gasteiger partial charge in [-0.15, -0.1) is 0 Å². The van der Waals surface area contributed by atoms with Gasteiger partial charge in [-0.25, -0.2) is 8.78 Å². The highest BCUT2D eigenvalue weighted by Gasteiger charge is 2.55. The summed E-state index contributed by atoms with van der Waals surface area (Å²) in [6, 6.07) is 5.30. The Morgan fingerprint density at radius 3 is 2.32 bits per heavy atom. The number of fused-ring (bicyclic) bond motifs is 1. The minimum absolute atomic E-state index is 0.270. The molecule has 4 rings (SSSR count). The van der Waals surface area contributed by atoms with Crippen LogP contribution in [0.4, 0.5) is 14.5 Å². The molecule has 3 heterocycles. The molecular formula is C27H38F2N4O4. The molecule has 0 aromatic heterocycles. The Kier molecular flexibility index (Phi) is 8.18. The van der Waals surface area contributed by atoms with Gasteiger partial charge >= 0.3 is 0 Å². The topological polar surface area (TPSA) is 82.2 Å². The van der Waals surface area contributed by atoms with Crippen LogP contribution in [0, 0.1) is 11.3 Å². The van der Waals surface area contributed by atoms with Crippen LogP contribution in [-0.4, -0.2) is 97.9 Å². The maximum atomic E-state index is 13.6. The molecule has 1 aromatic rings. The van der Waals surface area contributed by atoms with Crippen LogP contribution < -0.4 is 10.2 Å². The number of hydrogen-bond acceptors (Lipinski definition) is 6. The minimum Gasteiger partial charge on any atom is -0.369 e. The molecule has 1 aromatic carbocycles. The predicted molar refractivity (Wildman–Crippen MR) is 136 cm³/mol. The number of rotatable bonds is 7. The normalized spacial score (nSPS) is 25.5. The van der Waals surface area contributed by atoms with Crippen molar-refractivity contribution in [3.05, 3.63) is 29.8 Å². The monoisotopic (exact) mass is 520 g/mol. The lowest BCUT2D eigenvalue weighted by molar-refractivity contribution is -0.138. The molecule has 0 unspecified atom stereocenters. The second kappa shape index (κ2) is 11.0. The summed E-state index contributed by atoms with van der Waals surface area (Å²) in [5.41, 5.74) is 1.11. The molecule has 8 nitrogen and oxygen atoms in total. The maximum absolute atomic E-state index is 13.6. The van der Waals surface area contributed by atoms with Gasteiger partial charge in [0.05, 0.1) is 12.0 Å². The Hall–Kier alpha value is -2.59. The van der Waals surface area contributed by atoms with Crippen molar-refractivity contribution in [3.8, 4) is 0 Å². The van der Waals surface area contributed by atoms with Crippen molar-refractivity contribution in [2.45, 2.75) is 58.7 Å². The molecule has 3 aliphatic heterocycles. The van der Waals surface area contributed by atoms with Crippen molar-refractivity contribution in [1.29, 1.82) is 0 Å². The van der Waals surface area contributed by atoms with Crippen LogP contribution in [0.2, 0.25) is 0 Å². The van der Waals surface area contributed by atoms with E-state index in [0.29, 0.717) is 12.0 Å². The number of carbonyl (C=O) groups excluding carboxylic acids is 3. The van der Waals surface area contributed by atoms with Crippen LogP contribution in [0.1, 0.15) is 44.5 Å². The van der Waals surface area contributed by atoms with Gasteiger partial charge in [-0.1, -0.05) is 27.7 Å². The third-order valence-corrected chi connectivity index (χ3v) is 7.57. The maximum Gasteiger partial charge on any atom is 0.251 e. The van der Waals surface area contributed by atoms with Gasteiger partial charge in [0, 0.05) is 44.0 Å². The van der Waals surface area contributed by atoms with E-state index < -0.39 is 42.3 Å². The summed E-state index contributed by atoms with van der Waals surface area (Å²) in [5, 5.41) is 2.83. The number of Topliss-reactive ketones (excluding diaryl/α,β-unsaturated/α-hetero) is 1. The molecule has 3 aliphatic rings. The Bertz CT molecular complexity index is 989. The van der Waals surface area contributed by atoms with Crippen LogP contribution >= 0.6 is 0 Å². The van der Waals surface area contributed by atoms with E-state index in [-0.39, 0.29) is 24.3 Å². The minimum atomic E-state index is -2.71. The van der Waals surface area contributed by atoms with Gasteiger partial charge in [-0.05, 0) is 42.6 Å². The molecule has 37 heavy (non-hydrogen) atoms. The van der Waals surface area contributed by atoms with Gasteiger partial charge in [0.1, 0.15) is 18.7 Å². The van der Waals surface area contributed by atoms with E-state index in [2.05, 4.69) is 22.0 Å². The highest BCUT2D eigenvalue weighted by Crippen LogP contribution is 2.36. The number of nitrogens with one attached hydrogen (secondary N) is 1. The number of likely N-dealkylation sites (tertiary alicyclic amines) is 1. The van der Waals surface area contributed by atoms with Crippen molar-refractivity contribution in [2.75, 3.05) is 50.8 Å². The van der Waals surface area contributed by atoms with Crippen LogP contribution in [0.25, 0.3) is 0 Å². The lowest BCUT2D eigenvalue weighted by Gasteiger charge is -2.35. The zero-order valence-electron chi connectivity index (χ0n) is 22.1. The van der Waals surface area contributed by atoms with Crippen LogP contribution in [0.5, 0.6) is 0 Å². The fraction of sp³-hybridized carbons (Fsp3) is 0.667. The Balaban J connectivity index is 1.47. The number of ketones is 1. The number of alkyl halides is 2. The molecule has 0 saturated carbocycles. The van der Waals surface area contributed by atoms with Crippen molar-refractivity contribution in [2.24, 2.45) is 11.3 Å². The van der Waals surface area contributed by atoms with Gasteiger partial charge in [0.15, 0.2) is 5.78 Å². The largest absolute Gasteiger partial charge is 0.369 e. The molecule has 4 atom stereocenters. The molecule has 1 N–H and O–H groups in total. The first kappa shape index (κ1) is 27.4. The molecule has 2 amide bonds. The van der Waals surface area contributed by atoms with E-state index in [1.54, 1.807) is 12.1 Å². The number of halogens is 2. The first-order valence-electron chi connectivity index (χ1n) is 13.1. The lowest BCUT2D eigenvalue weighted by Crippen LogP contribution is -2.53. The van der Waals surface area contributed by atoms with E-state index in [1.165, 1.54) is 4.90 Å². The number of likely N-dealkylation sites (N-methyl/N-ethyl adjacent to an activating group) is 1. The van der Waals surface area contributed by atoms with Gasteiger partial charge < -0.3 is 24.8 Å². The van der Waals surface area contributed by atoms with Crippen LogP contribution in [0.3, 0.4) is 0 Å². The molecule has 204 valence electrons. The van der Waals surface area contributed by atoms with Gasteiger partial charge in [0.25, 0.3) is 5.91 Å². The van der Waals surface area contributed by atoms with Crippen molar-refractivity contribution in [1.82, 2.24) is 15.1 Å². The summed E-state index contributed by atoms with van der Waals surface area (Å²) in [6.07, 6.45) is -3.43. The number of amides is 2. The highest BCUT2D eigenvalue weighted by molar-refractivity contribution is 5.99. The molecule has 0 spiro atoms. The molecule has 0 bridgehead atoms. The van der Waals surface area contributed by atoms with Gasteiger partial charge in [-0.3, -0.25) is 14.4 Å². The lowest BCUT2D eigenvalue weighted by atomic mass is 9.87. The van der Waals surface area contributed by atoms with Crippen LogP contribution in [0.15, 0.2) is 24.3 Å². The number of hydrogen-bond donors (Lipinski definition) is 1. The molecular weight excluding hydrogens is 482 g/mol. The third-order valence-electron chi connectivity index (χ3n) is 7.57. The highest BCUT2D eigenvalue weighted by atomic mass is 19.3.